The van der Waals surface area contributed by atoms with Gasteiger partial charge in [-0.2, -0.15) is 13.2 Å². The number of rotatable bonds is 3. The van der Waals surface area contributed by atoms with Gasteiger partial charge in [-0.05, 0) is 27.7 Å². The molecule has 0 aromatic heterocycles. The van der Waals surface area contributed by atoms with Crippen LogP contribution in [0.2, 0.25) is 0 Å². The lowest BCUT2D eigenvalue weighted by Crippen LogP contribution is -2.41. The van der Waals surface area contributed by atoms with E-state index in [4.69, 9.17) is 4.74 Å². The number of ketones is 1. The maximum atomic E-state index is 12.1. The first-order valence-corrected chi connectivity index (χ1v) is 5.40. The first-order chi connectivity index (χ1) is 7.84. The molecule has 0 fully saturated rings. The van der Waals surface area contributed by atoms with Gasteiger partial charge in [-0.3, -0.25) is 4.79 Å². The predicted molar refractivity (Wildman–Crippen MR) is 59.1 cm³/mol. The molecule has 1 atom stereocenters. The number of Topliss-reactive ketones (excluding diaryl/α,β-unsaturated/α-hetero) is 1. The van der Waals surface area contributed by atoms with Crippen LogP contribution >= 0.6 is 0 Å². The molecule has 0 spiro atoms. The smallest absolute Gasteiger partial charge is 0.444 e. The standard InChI is InChI=1S/C11H18F3NO3/c1-7(6-8(16)11(12,13)14)15(5)9(17)18-10(2,3)4/h7H,6H2,1-5H3. The molecule has 106 valence electrons. The van der Waals surface area contributed by atoms with Gasteiger partial charge in [0.1, 0.15) is 5.60 Å². The van der Waals surface area contributed by atoms with E-state index in [-0.39, 0.29) is 0 Å². The van der Waals surface area contributed by atoms with E-state index in [0.717, 1.165) is 4.90 Å². The summed E-state index contributed by atoms with van der Waals surface area (Å²) in [7, 11) is 1.29. The first kappa shape index (κ1) is 16.7. The van der Waals surface area contributed by atoms with Gasteiger partial charge in [0.15, 0.2) is 0 Å². The molecule has 0 heterocycles. The van der Waals surface area contributed by atoms with Crippen molar-refractivity contribution in [1.29, 1.82) is 0 Å². The minimum Gasteiger partial charge on any atom is -0.444 e. The number of ether oxygens (including phenoxy) is 1. The summed E-state index contributed by atoms with van der Waals surface area (Å²) in [6.07, 6.45) is -6.41. The fraction of sp³-hybridized carbons (Fsp3) is 0.818. The van der Waals surface area contributed by atoms with Gasteiger partial charge < -0.3 is 9.64 Å². The van der Waals surface area contributed by atoms with Gasteiger partial charge in [-0.25, -0.2) is 4.79 Å². The van der Waals surface area contributed by atoms with Crippen molar-refractivity contribution in [3.63, 3.8) is 0 Å². The van der Waals surface area contributed by atoms with E-state index in [1.54, 1.807) is 20.8 Å². The van der Waals surface area contributed by atoms with Gasteiger partial charge in [0.05, 0.1) is 0 Å². The number of alkyl halides is 3. The number of hydrogen-bond acceptors (Lipinski definition) is 3. The van der Waals surface area contributed by atoms with Crippen LogP contribution in [0.25, 0.3) is 0 Å². The Balaban J connectivity index is 4.48. The fourth-order valence-corrected chi connectivity index (χ4v) is 1.03. The second-order valence-corrected chi connectivity index (χ2v) is 5.07. The molecule has 7 heteroatoms. The third kappa shape index (κ3) is 5.88. The summed E-state index contributed by atoms with van der Waals surface area (Å²) in [6.45, 7) is 6.28. The highest BCUT2D eigenvalue weighted by Gasteiger charge is 2.39. The van der Waals surface area contributed by atoms with Gasteiger partial charge >= 0.3 is 12.3 Å². The maximum Gasteiger partial charge on any atom is 0.450 e. The van der Waals surface area contributed by atoms with E-state index >= 15 is 0 Å². The summed E-state index contributed by atoms with van der Waals surface area (Å²) < 4.78 is 41.2. The van der Waals surface area contributed by atoms with Gasteiger partial charge in [0.25, 0.3) is 0 Å². The van der Waals surface area contributed by atoms with Crippen LogP contribution in [0.4, 0.5) is 18.0 Å². The molecule has 18 heavy (non-hydrogen) atoms. The van der Waals surface area contributed by atoms with Crippen LogP contribution in [0, 0.1) is 0 Å². The summed E-state index contributed by atoms with van der Waals surface area (Å²) in [5.41, 5.74) is -0.737. The molecule has 0 aliphatic carbocycles. The second-order valence-electron chi connectivity index (χ2n) is 5.07. The Morgan fingerprint density at radius 2 is 1.67 bits per heavy atom. The summed E-state index contributed by atoms with van der Waals surface area (Å²) >= 11 is 0. The molecule has 0 saturated heterocycles. The van der Waals surface area contributed by atoms with Gasteiger partial charge in [0, 0.05) is 19.5 Å². The lowest BCUT2D eigenvalue weighted by atomic mass is 10.1. The molecule has 0 saturated carbocycles. The van der Waals surface area contributed by atoms with Crippen molar-refractivity contribution >= 4 is 11.9 Å². The predicted octanol–water partition coefficient (Wildman–Crippen LogP) is 2.76. The zero-order valence-electron chi connectivity index (χ0n) is 11.1. The molecule has 0 aromatic rings. The van der Waals surface area contributed by atoms with E-state index in [2.05, 4.69) is 0 Å². The lowest BCUT2D eigenvalue weighted by molar-refractivity contribution is -0.172. The highest BCUT2D eigenvalue weighted by atomic mass is 19.4. The number of hydrogen-bond donors (Lipinski definition) is 0. The van der Waals surface area contributed by atoms with Crippen molar-refractivity contribution in [2.75, 3.05) is 7.05 Å². The maximum absolute atomic E-state index is 12.1. The number of nitrogens with zero attached hydrogens (tertiary/aromatic N) is 1. The molecular weight excluding hydrogens is 251 g/mol. The number of amides is 1. The minimum absolute atomic E-state index is 0.737. The van der Waals surface area contributed by atoms with Gasteiger partial charge in [-0.1, -0.05) is 0 Å². The Kier molecular flexibility index (Phi) is 5.19. The molecule has 0 N–H and O–H groups in total. The van der Waals surface area contributed by atoms with Crippen molar-refractivity contribution in [2.24, 2.45) is 0 Å². The minimum atomic E-state index is -4.87. The van der Waals surface area contributed by atoms with E-state index in [1.807, 2.05) is 0 Å². The number of carbonyl (C=O) groups excluding carboxylic acids is 2. The number of carbonyl (C=O) groups is 2. The van der Waals surface area contributed by atoms with Crippen molar-refractivity contribution in [2.45, 2.75) is 51.9 Å². The van der Waals surface area contributed by atoms with Crippen molar-refractivity contribution in [1.82, 2.24) is 4.90 Å². The first-order valence-electron chi connectivity index (χ1n) is 5.40. The normalized spacial score (nSPS) is 14.0. The van der Waals surface area contributed by atoms with E-state index in [9.17, 15) is 22.8 Å². The molecule has 0 bridgehead atoms. The Bertz CT molecular complexity index is 320. The van der Waals surface area contributed by atoms with E-state index < -0.39 is 36.1 Å². The molecule has 0 aromatic carbocycles. The molecule has 1 amide bonds. The molecular formula is C11H18F3NO3. The average Bonchev–Trinajstić information content (AvgIpc) is 2.11. The van der Waals surface area contributed by atoms with Crippen LogP contribution in [-0.2, 0) is 9.53 Å². The van der Waals surface area contributed by atoms with Crippen LogP contribution in [0.1, 0.15) is 34.1 Å². The van der Waals surface area contributed by atoms with Crippen molar-refractivity contribution < 1.29 is 27.5 Å². The second kappa shape index (κ2) is 5.58. The summed E-state index contributed by atoms with van der Waals surface area (Å²) in [5, 5.41) is 0. The Morgan fingerprint density at radius 1 is 1.22 bits per heavy atom. The third-order valence-corrected chi connectivity index (χ3v) is 2.14. The highest BCUT2D eigenvalue weighted by Crippen LogP contribution is 2.20. The largest absolute Gasteiger partial charge is 0.450 e. The van der Waals surface area contributed by atoms with Crippen LogP contribution in [0.5, 0.6) is 0 Å². The van der Waals surface area contributed by atoms with Crippen LogP contribution in [0.15, 0.2) is 0 Å². The third-order valence-electron chi connectivity index (χ3n) is 2.14. The van der Waals surface area contributed by atoms with E-state index in [0.29, 0.717) is 0 Å². The highest BCUT2D eigenvalue weighted by molar-refractivity contribution is 5.85. The lowest BCUT2D eigenvalue weighted by Gasteiger charge is -2.28. The van der Waals surface area contributed by atoms with E-state index in [1.165, 1.54) is 14.0 Å². The summed E-state index contributed by atoms with van der Waals surface area (Å²) in [4.78, 5) is 23.3. The quantitative estimate of drug-likeness (QED) is 0.791. The average molecular weight is 269 g/mol. The van der Waals surface area contributed by atoms with Crippen LogP contribution in [0.3, 0.4) is 0 Å². The number of halogens is 3. The molecule has 0 aliphatic heterocycles. The Hall–Kier alpha value is -1.27. The Labute approximate surface area is 104 Å². The zero-order valence-corrected chi connectivity index (χ0v) is 11.1. The fourth-order valence-electron chi connectivity index (χ4n) is 1.03. The van der Waals surface area contributed by atoms with Gasteiger partial charge in [0.2, 0.25) is 5.78 Å². The van der Waals surface area contributed by atoms with Gasteiger partial charge in [-0.15, -0.1) is 0 Å². The molecule has 0 aliphatic rings. The molecule has 0 rings (SSSR count). The molecule has 4 nitrogen and oxygen atoms in total. The van der Waals surface area contributed by atoms with Crippen molar-refractivity contribution in [3.05, 3.63) is 0 Å². The SMILES string of the molecule is CC(CC(=O)C(F)(F)F)N(C)C(=O)OC(C)(C)C. The Morgan fingerprint density at radius 3 is 2.00 bits per heavy atom. The summed E-state index contributed by atoms with van der Waals surface area (Å²) in [6, 6.07) is -0.881. The topological polar surface area (TPSA) is 46.6 Å². The zero-order chi connectivity index (χ0) is 14.7. The van der Waals surface area contributed by atoms with Crippen LogP contribution in [-0.4, -0.2) is 41.6 Å². The molecule has 0 radical (unpaired) electrons. The molecule has 1 unspecified atom stereocenters. The summed E-state index contributed by atoms with van der Waals surface area (Å²) in [5.74, 6) is -1.86. The van der Waals surface area contributed by atoms with Crippen LogP contribution < -0.4 is 0 Å². The van der Waals surface area contributed by atoms with Crippen molar-refractivity contribution in [3.8, 4) is 0 Å². The monoisotopic (exact) mass is 269 g/mol.